The Morgan fingerprint density at radius 1 is 1.53 bits per heavy atom. The Hall–Kier alpha value is -1.23. The highest BCUT2D eigenvalue weighted by Crippen LogP contribution is 2.25. The first-order valence-electron chi connectivity index (χ1n) is 6.62. The van der Waals surface area contributed by atoms with Crippen LogP contribution in [0.3, 0.4) is 0 Å². The van der Waals surface area contributed by atoms with E-state index in [1.165, 1.54) is 12.1 Å². The van der Waals surface area contributed by atoms with Crippen molar-refractivity contribution in [3.63, 3.8) is 0 Å². The van der Waals surface area contributed by atoms with E-state index in [1.54, 1.807) is 7.05 Å². The second-order valence-electron chi connectivity index (χ2n) is 4.78. The molecule has 1 aromatic carbocycles. The lowest BCUT2D eigenvalue weighted by Gasteiger charge is -2.19. The minimum atomic E-state index is 0.670. The van der Waals surface area contributed by atoms with Crippen molar-refractivity contribution in [2.75, 3.05) is 38.6 Å². The van der Waals surface area contributed by atoms with Gasteiger partial charge >= 0.3 is 0 Å². The van der Waals surface area contributed by atoms with Crippen molar-refractivity contribution in [3.05, 3.63) is 28.7 Å². The molecular weight excluding hydrogens is 304 g/mol. The molecule has 19 heavy (non-hydrogen) atoms. The molecule has 0 aliphatic carbocycles. The van der Waals surface area contributed by atoms with Crippen LogP contribution in [0.2, 0.25) is 0 Å². The highest BCUT2D eigenvalue weighted by atomic mass is 79.9. The van der Waals surface area contributed by atoms with Crippen molar-refractivity contribution in [1.29, 1.82) is 0 Å². The quantitative estimate of drug-likeness (QED) is 0.660. The van der Waals surface area contributed by atoms with Gasteiger partial charge in [0, 0.05) is 43.9 Å². The molecule has 1 aliphatic rings. The molecule has 1 heterocycles. The molecule has 0 radical (unpaired) electrons. The Bertz CT molecular complexity index is 447. The summed E-state index contributed by atoms with van der Waals surface area (Å²) >= 11 is 3.53. The summed E-state index contributed by atoms with van der Waals surface area (Å²) in [4.78, 5) is 6.57. The van der Waals surface area contributed by atoms with Gasteiger partial charge in [0.2, 0.25) is 0 Å². The maximum atomic E-state index is 4.13. The van der Waals surface area contributed by atoms with Crippen LogP contribution in [-0.4, -0.2) is 39.7 Å². The van der Waals surface area contributed by atoms with Crippen LogP contribution in [-0.2, 0) is 0 Å². The first kappa shape index (κ1) is 14.2. The smallest absolute Gasteiger partial charge is 0.190 e. The highest BCUT2D eigenvalue weighted by Gasteiger charge is 2.22. The van der Waals surface area contributed by atoms with Crippen molar-refractivity contribution >= 4 is 27.6 Å². The van der Waals surface area contributed by atoms with Crippen LogP contribution in [0.1, 0.15) is 6.42 Å². The van der Waals surface area contributed by atoms with E-state index in [0.717, 1.165) is 30.1 Å². The normalized spacial score (nSPS) is 19.6. The zero-order valence-electron chi connectivity index (χ0n) is 11.5. The molecule has 0 aromatic heterocycles. The van der Waals surface area contributed by atoms with Crippen molar-refractivity contribution in [3.8, 4) is 0 Å². The van der Waals surface area contributed by atoms with Gasteiger partial charge in [0.1, 0.15) is 0 Å². The summed E-state index contributed by atoms with van der Waals surface area (Å²) in [7, 11) is 3.68. The lowest BCUT2D eigenvalue weighted by Crippen LogP contribution is -2.38. The van der Waals surface area contributed by atoms with E-state index >= 15 is 0 Å². The average Bonchev–Trinajstić information content (AvgIpc) is 2.89. The molecular formula is C14H21BrN4. The molecule has 1 atom stereocenters. The number of rotatable bonds is 3. The van der Waals surface area contributed by atoms with E-state index in [2.05, 4.69) is 60.7 Å². The maximum absolute atomic E-state index is 4.13. The van der Waals surface area contributed by atoms with Crippen molar-refractivity contribution < 1.29 is 0 Å². The summed E-state index contributed by atoms with van der Waals surface area (Å²) in [5.41, 5.74) is 1.30. The summed E-state index contributed by atoms with van der Waals surface area (Å²) in [5.74, 6) is 1.53. The molecule has 0 amide bonds. The monoisotopic (exact) mass is 324 g/mol. The molecule has 2 N–H and O–H groups in total. The predicted octanol–water partition coefficient (Wildman–Crippen LogP) is 2.07. The van der Waals surface area contributed by atoms with Crippen LogP contribution < -0.4 is 15.5 Å². The van der Waals surface area contributed by atoms with Gasteiger partial charge in [0.25, 0.3) is 0 Å². The molecule has 0 unspecified atom stereocenters. The number of halogens is 1. The lowest BCUT2D eigenvalue weighted by molar-refractivity contribution is 0.568. The summed E-state index contributed by atoms with van der Waals surface area (Å²) in [5, 5.41) is 6.39. The third-order valence-corrected chi connectivity index (χ3v) is 3.97. The van der Waals surface area contributed by atoms with Crippen LogP contribution in [0, 0.1) is 5.92 Å². The van der Waals surface area contributed by atoms with Crippen molar-refractivity contribution in [2.45, 2.75) is 6.42 Å². The first-order chi connectivity index (χ1) is 9.22. The van der Waals surface area contributed by atoms with Crippen LogP contribution in [0.25, 0.3) is 0 Å². The molecule has 0 spiro atoms. The van der Waals surface area contributed by atoms with Gasteiger partial charge in [-0.1, -0.05) is 22.0 Å². The van der Waals surface area contributed by atoms with Gasteiger partial charge in [-0.05, 0) is 30.5 Å². The number of anilines is 1. The molecule has 1 aromatic rings. The minimum Gasteiger partial charge on any atom is -0.371 e. The van der Waals surface area contributed by atoms with Crippen LogP contribution in [0.5, 0.6) is 0 Å². The second-order valence-corrected chi connectivity index (χ2v) is 5.70. The SMILES string of the molecule is CN=C(NC)NC[C@@H]1CCN(c2cccc(Br)c2)C1. The van der Waals surface area contributed by atoms with E-state index in [-0.39, 0.29) is 0 Å². The number of benzene rings is 1. The molecule has 1 fully saturated rings. The summed E-state index contributed by atoms with van der Waals surface area (Å²) in [6.45, 7) is 3.20. The predicted molar refractivity (Wildman–Crippen MR) is 84.9 cm³/mol. The Morgan fingerprint density at radius 3 is 3.05 bits per heavy atom. The Kier molecular flexibility index (Phi) is 5.07. The third kappa shape index (κ3) is 3.86. The Balaban J connectivity index is 1.86. The molecule has 1 aliphatic heterocycles. The van der Waals surface area contributed by atoms with Crippen molar-refractivity contribution in [2.24, 2.45) is 10.9 Å². The number of aliphatic imine (C=N–C) groups is 1. The summed E-state index contributed by atoms with van der Waals surface area (Å²) in [6.07, 6.45) is 1.22. The number of hydrogen-bond acceptors (Lipinski definition) is 2. The first-order valence-corrected chi connectivity index (χ1v) is 7.41. The van der Waals surface area contributed by atoms with E-state index < -0.39 is 0 Å². The van der Waals surface area contributed by atoms with Crippen molar-refractivity contribution in [1.82, 2.24) is 10.6 Å². The minimum absolute atomic E-state index is 0.670. The van der Waals surface area contributed by atoms with Gasteiger partial charge in [0.15, 0.2) is 5.96 Å². The largest absolute Gasteiger partial charge is 0.371 e. The molecule has 104 valence electrons. The standard InChI is InChI=1S/C14H21BrN4/c1-16-14(17-2)18-9-11-6-7-19(10-11)13-5-3-4-12(15)8-13/h3-5,8,11H,6-7,9-10H2,1-2H3,(H2,16,17,18)/t11-/m0/s1. The number of nitrogens with one attached hydrogen (secondary N) is 2. The summed E-state index contributed by atoms with van der Waals surface area (Å²) in [6, 6.07) is 8.51. The van der Waals surface area contributed by atoms with Gasteiger partial charge in [-0.25, -0.2) is 0 Å². The van der Waals surface area contributed by atoms with E-state index in [9.17, 15) is 0 Å². The third-order valence-electron chi connectivity index (χ3n) is 3.48. The van der Waals surface area contributed by atoms with Gasteiger partial charge < -0.3 is 15.5 Å². The number of hydrogen-bond donors (Lipinski definition) is 2. The highest BCUT2D eigenvalue weighted by molar-refractivity contribution is 9.10. The molecule has 5 heteroatoms. The maximum Gasteiger partial charge on any atom is 0.190 e. The van der Waals surface area contributed by atoms with Crippen LogP contribution in [0.4, 0.5) is 5.69 Å². The van der Waals surface area contributed by atoms with Crippen LogP contribution >= 0.6 is 15.9 Å². The average molecular weight is 325 g/mol. The van der Waals surface area contributed by atoms with Gasteiger partial charge in [-0.3, -0.25) is 4.99 Å². The van der Waals surface area contributed by atoms with Gasteiger partial charge in [0.05, 0.1) is 0 Å². The number of nitrogens with zero attached hydrogens (tertiary/aromatic N) is 2. The second kappa shape index (κ2) is 6.80. The Morgan fingerprint density at radius 2 is 2.37 bits per heavy atom. The number of guanidine groups is 1. The lowest BCUT2D eigenvalue weighted by atomic mass is 10.1. The summed E-state index contributed by atoms with van der Waals surface area (Å²) < 4.78 is 1.14. The molecule has 1 saturated heterocycles. The fraction of sp³-hybridized carbons (Fsp3) is 0.500. The Labute approximate surface area is 123 Å². The zero-order chi connectivity index (χ0) is 13.7. The molecule has 4 nitrogen and oxygen atoms in total. The van der Waals surface area contributed by atoms with E-state index in [1.807, 2.05) is 7.05 Å². The topological polar surface area (TPSA) is 39.7 Å². The molecule has 2 rings (SSSR count). The fourth-order valence-corrected chi connectivity index (χ4v) is 2.81. The zero-order valence-corrected chi connectivity index (χ0v) is 13.1. The van der Waals surface area contributed by atoms with E-state index in [0.29, 0.717) is 5.92 Å². The molecule has 0 bridgehead atoms. The van der Waals surface area contributed by atoms with E-state index in [4.69, 9.17) is 0 Å². The van der Waals surface area contributed by atoms with Crippen LogP contribution in [0.15, 0.2) is 33.7 Å². The van der Waals surface area contributed by atoms with Gasteiger partial charge in [-0.15, -0.1) is 0 Å². The molecule has 0 saturated carbocycles. The fourth-order valence-electron chi connectivity index (χ4n) is 2.43. The van der Waals surface area contributed by atoms with Gasteiger partial charge in [-0.2, -0.15) is 0 Å².